The van der Waals surface area contributed by atoms with Crippen LogP contribution in [0.5, 0.6) is 0 Å². The van der Waals surface area contributed by atoms with Gasteiger partial charge in [0.25, 0.3) is 0 Å². The van der Waals surface area contributed by atoms with Gasteiger partial charge in [-0.3, -0.25) is 4.99 Å². The summed E-state index contributed by atoms with van der Waals surface area (Å²) in [5.41, 5.74) is 8.26. The van der Waals surface area contributed by atoms with Crippen LogP contribution in [0, 0.1) is 0 Å². The Hall–Kier alpha value is -1.35. The minimum Gasteiger partial charge on any atom is -0.383 e. The van der Waals surface area contributed by atoms with Crippen molar-refractivity contribution in [2.24, 2.45) is 10.7 Å². The smallest absolute Gasteiger partial charge is 0.125 e. The van der Waals surface area contributed by atoms with Crippen LogP contribution in [0.15, 0.2) is 57.5 Å². The zero-order valence-electron chi connectivity index (χ0n) is 9.57. The Morgan fingerprint density at radius 2 is 2.06 bits per heavy atom. The number of nitrogens with zero attached hydrogens (tertiary/aromatic N) is 1. The van der Waals surface area contributed by atoms with Crippen molar-refractivity contribution < 1.29 is 0 Å². The van der Waals surface area contributed by atoms with Crippen LogP contribution in [-0.2, 0) is 0 Å². The molecule has 3 heteroatoms. The maximum Gasteiger partial charge on any atom is 0.125 e. The normalized spacial score (nSPS) is 15.8. The number of allylic oxidation sites excluding steroid dienone is 3. The molecular weight excluding hydrogens is 276 g/mol. The van der Waals surface area contributed by atoms with Crippen LogP contribution in [0.1, 0.15) is 18.4 Å². The minimum absolute atomic E-state index is 0.605. The Morgan fingerprint density at radius 1 is 1.29 bits per heavy atom. The molecule has 0 amide bonds. The standard InChI is InChI=1S/C14H15BrN2/c15-13-8-6-12(7-9-13)14(16)17-10-11-4-2-1-3-5-11/h1-2,4,6-9H,3,5,10H2,(H2,16,17). The SMILES string of the molecule is NC(=NCC1=CC=CCC1)c1ccc(Br)cc1. The van der Waals surface area contributed by atoms with E-state index in [1.807, 2.05) is 24.3 Å². The lowest BCUT2D eigenvalue weighted by atomic mass is 10.1. The van der Waals surface area contributed by atoms with Crippen LogP contribution in [0.25, 0.3) is 0 Å². The van der Waals surface area contributed by atoms with Crippen molar-refractivity contribution >= 4 is 21.8 Å². The number of aliphatic imine (C=N–C) groups is 1. The maximum atomic E-state index is 5.95. The molecule has 17 heavy (non-hydrogen) atoms. The summed E-state index contributed by atoms with van der Waals surface area (Å²) >= 11 is 3.40. The zero-order chi connectivity index (χ0) is 12.1. The molecule has 0 heterocycles. The van der Waals surface area contributed by atoms with Crippen LogP contribution in [0.4, 0.5) is 0 Å². The second kappa shape index (κ2) is 5.82. The summed E-state index contributed by atoms with van der Waals surface area (Å²) in [6, 6.07) is 7.89. The van der Waals surface area contributed by atoms with Gasteiger partial charge >= 0.3 is 0 Å². The number of halogens is 1. The van der Waals surface area contributed by atoms with Gasteiger partial charge in [-0.2, -0.15) is 0 Å². The van der Waals surface area contributed by atoms with E-state index >= 15 is 0 Å². The number of hydrogen-bond acceptors (Lipinski definition) is 1. The van der Waals surface area contributed by atoms with Gasteiger partial charge in [-0.15, -0.1) is 0 Å². The highest BCUT2D eigenvalue weighted by Crippen LogP contribution is 2.13. The predicted molar refractivity (Wildman–Crippen MR) is 76.2 cm³/mol. The first-order valence-electron chi connectivity index (χ1n) is 5.66. The molecule has 0 saturated carbocycles. The molecule has 0 radical (unpaired) electrons. The number of benzene rings is 1. The average Bonchev–Trinajstić information content (AvgIpc) is 2.38. The van der Waals surface area contributed by atoms with Crippen LogP contribution in [-0.4, -0.2) is 12.4 Å². The largest absolute Gasteiger partial charge is 0.383 e. The van der Waals surface area contributed by atoms with Gasteiger partial charge in [0.1, 0.15) is 5.84 Å². The highest BCUT2D eigenvalue weighted by molar-refractivity contribution is 9.10. The second-order valence-electron chi connectivity index (χ2n) is 4.00. The molecule has 1 aromatic carbocycles. The fourth-order valence-corrected chi connectivity index (χ4v) is 1.95. The summed E-state index contributed by atoms with van der Waals surface area (Å²) in [6.45, 7) is 0.701. The molecule has 0 aliphatic heterocycles. The molecule has 0 bridgehead atoms. The molecule has 2 N–H and O–H groups in total. The minimum atomic E-state index is 0.605. The Bertz CT molecular complexity index is 470. The Balaban J connectivity index is 2.04. The van der Waals surface area contributed by atoms with E-state index in [0.717, 1.165) is 22.9 Å². The van der Waals surface area contributed by atoms with Crippen molar-refractivity contribution in [2.75, 3.05) is 6.54 Å². The molecular formula is C14H15BrN2. The lowest BCUT2D eigenvalue weighted by Gasteiger charge is -2.07. The molecule has 2 rings (SSSR count). The highest BCUT2D eigenvalue weighted by atomic mass is 79.9. The van der Waals surface area contributed by atoms with Gasteiger partial charge in [-0.05, 0) is 30.5 Å². The summed E-state index contributed by atoms with van der Waals surface area (Å²) in [4.78, 5) is 4.42. The summed E-state index contributed by atoms with van der Waals surface area (Å²) in [7, 11) is 0. The zero-order valence-corrected chi connectivity index (χ0v) is 11.2. The molecule has 1 aromatic rings. The van der Waals surface area contributed by atoms with E-state index in [2.05, 4.69) is 39.2 Å². The maximum absolute atomic E-state index is 5.95. The van der Waals surface area contributed by atoms with Crippen molar-refractivity contribution in [1.29, 1.82) is 0 Å². The van der Waals surface area contributed by atoms with Gasteiger partial charge in [0.15, 0.2) is 0 Å². The molecule has 0 spiro atoms. The number of amidine groups is 1. The van der Waals surface area contributed by atoms with Gasteiger partial charge < -0.3 is 5.73 Å². The van der Waals surface area contributed by atoms with Gasteiger partial charge in [0.2, 0.25) is 0 Å². The van der Waals surface area contributed by atoms with E-state index < -0.39 is 0 Å². The molecule has 0 aromatic heterocycles. The van der Waals surface area contributed by atoms with Crippen LogP contribution < -0.4 is 5.73 Å². The lowest BCUT2D eigenvalue weighted by molar-refractivity contribution is 0.915. The topological polar surface area (TPSA) is 38.4 Å². The highest BCUT2D eigenvalue weighted by Gasteiger charge is 2.01. The van der Waals surface area contributed by atoms with E-state index in [0.29, 0.717) is 12.4 Å². The van der Waals surface area contributed by atoms with E-state index in [9.17, 15) is 0 Å². The number of hydrogen-bond donors (Lipinski definition) is 1. The van der Waals surface area contributed by atoms with Crippen molar-refractivity contribution in [3.05, 3.63) is 58.1 Å². The molecule has 0 atom stereocenters. The van der Waals surface area contributed by atoms with E-state index in [-0.39, 0.29) is 0 Å². The van der Waals surface area contributed by atoms with Gasteiger partial charge in [0.05, 0.1) is 6.54 Å². The first-order valence-corrected chi connectivity index (χ1v) is 6.45. The van der Waals surface area contributed by atoms with Crippen molar-refractivity contribution in [1.82, 2.24) is 0 Å². The molecule has 0 saturated heterocycles. The first kappa shape index (κ1) is 12.1. The summed E-state index contributed by atoms with van der Waals surface area (Å²) in [6.07, 6.45) is 8.59. The van der Waals surface area contributed by atoms with Gasteiger partial charge in [0, 0.05) is 10.0 Å². The lowest BCUT2D eigenvalue weighted by Crippen LogP contribution is -2.14. The molecule has 1 aliphatic carbocycles. The summed E-state index contributed by atoms with van der Waals surface area (Å²) in [5, 5.41) is 0. The van der Waals surface area contributed by atoms with Gasteiger partial charge in [-0.1, -0.05) is 46.3 Å². The third-order valence-electron chi connectivity index (χ3n) is 2.69. The van der Waals surface area contributed by atoms with Crippen LogP contribution in [0.3, 0.4) is 0 Å². The third-order valence-corrected chi connectivity index (χ3v) is 3.22. The third kappa shape index (κ3) is 3.56. The number of nitrogens with two attached hydrogens (primary N) is 1. The van der Waals surface area contributed by atoms with Crippen molar-refractivity contribution in [3.63, 3.8) is 0 Å². The Kier molecular flexibility index (Phi) is 4.15. The molecule has 88 valence electrons. The number of rotatable bonds is 3. The Morgan fingerprint density at radius 3 is 2.71 bits per heavy atom. The van der Waals surface area contributed by atoms with Crippen LogP contribution in [0.2, 0.25) is 0 Å². The average molecular weight is 291 g/mol. The quantitative estimate of drug-likeness (QED) is 0.672. The molecule has 0 unspecified atom stereocenters. The molecule has 2 nitrogen and oxygen atoms in total. The fraction of sp³-hybridized carbons (Fsp3) is 0.214. The van der Waals surface area contributed by atoms with Gasteiger partial charge in [-0.25, -0.2) is 0 Å². The van der Waals surface area contributed by atoms with E-state index in [4.69, 9.17) is 5.73 Å². The summed E-state index contributed by atoms with van der Waals surface area (Å²) in [5.74, 6) is 0.605. The fourth-order valence-electron chi connectivity index (χ4n) is 1.68. The van der Waals surface area contributed by atoms with E-state index in [1.165, 1.54) is 5.57 Å². The molecule has 0 fully saturated rings. The first-order chi connectivity index (χ1) is 8.25. The van der Waals surface area contributed by atoms with E-state index in [1.54, 1.807) is 0 Å². The van der Waals surface area contributed by atoms with Crippen molar-refractivity contribution in [2.45, 2.75) is 12.8 Å². The Labute approximate surface area is 110 Å². The summed E-state index contributed by atoms with van der Waals surface area (Å²) < 4.78 is 1.05. The predicted octanol–water partition coefficient (Wildman–Crippen LogP) is 3.43. The van der Waals surface area contributed by atoms with Crippen molar-refractivity contribution in [3.8, 4) is 0 Å². The van der Waals surface area contributed by atoms with Crippen LogP contribution >= 0.6 is 15.9 Å². The molecule has 1 aliphatic rings. The monoisotopic (exact) mass is 290 g/mol. The second-order valence-corrected chi connectivity index (χ2v) is 4.92.